The fourth-order valence-electron chi connectivity index (χ4n) is 3.51. The number of hydrogen-bond donors (Lipinski definition) is 2. The van der Waals surface area contributed by atoms with E-state index in [0.29, 0.717) is 23.4 Å². The second-order valence-corrected chi connectivity index (χ2v) is 7.31. The zero-order valence-electron chi connectivity index (χ0n) is 16.6. The summed E-state index contributed by atoms with van der Waals surface area (Å²) in [7, 11) is 0. The van der Waals surface area contributed by atoms with E-state index in [1.165, 1.54) is 30.7 Å². The van der Waals surface area contributed by atoms with Crippen LogP contribution in [0.3, 0.4) is 0 Å². The standard InChI is InChI=1S/C23H27FN2O3/c1-2-21(29-18-14-12-16(24)13-15-18)23(28)26-20-11-7-6-10-19(20)22(27)25-17-8-4-3-5-9-17/h6-7,10-15,17,21H,2-5,8-9H2,1H3,(H,25,27)(H,26,28)/t21-/m1/s1. The van der Waals surface area contributed by atoms with Gasteiger partial charge in [0.2, 0.25) is 0 Å². The van der Waals surface area contributed by atoms with Crippen molar-refractivity contribution in [3.63, 3.8) is 0 Å². The summed E-state index contributed by atoms with van der Waals surface area (Å²) in [4.78, 5) is 25.5. The molecule has 3 rings (SSSR count). The van der Waals surface area contributed by atoms with Gasteiger partial charge >= 0.3 is 0 Å². The van der Waals surface area contributed by atoms with Gasteiger partial charge in [0.1, 0.15) is 11.6 Å². The van der Waals surface area contributed by atoms with Crippen LogP contribution in [0.15, 0.2) is 48.5 Å². The predicted octanol–water partition coefficient (Wildman–Crippen LogP) is 4.68. The first-order chi connectivity index (χ1) is 14.1. The maximum Gasteiger partial charge on any atom is 0.265 e. The fraction of sp³-hybridized carbons (Fsp3) is 0.391. The maximum atomic E-state index is 13.1. The number of nitrogens with one attached hydrogen (secondary N) is 2. The summed E-state index contributed by atoms with van der Waals surface area (Å²) < 4.78 is 18.8. The molecule has 0 aliphatic heterocycles. The molecule has 1 fully saturated rings. The molecular weight excluding hydrogens is 371 g/mol. The lowest BCUT2D eigenvalue weighted by Crippen LogP contribution is -2.37. The second-order valence-electron chi connectivity index (χ2n) is 7.31. The largest absolute Gasteiger partial charge is 0.481 e. The Morgan fingerprint density at radius 3 is 2.45 bits per heavy atom. The normalized spacial score (nSPS) is 15.4. The number of amides is 2. The molecule has 1 atom stereocenters. The number of carbonyl (C=O) groups excluding carboxylic acids is 2. The van der Waals surface area contributed by atoms with Crippen LogP contribution in [0.4, 0.5) is 10.1 Å². The zero-order valence-corrected chi connectivity index (χ0v) is 16.6. The molecule has 154 valence electrons. The molecule has 1 aliphatic rings. The fourth-order valence-corrected chi connectivity index (χ4v) is 3.51. The summed E-state index contributed by atoms with van der Waals surface area (Å²) in [6, 6.07) is 12.7. The van der Waals surface area contributed by atoms with Crippen LogP contribution in [0.2, 0.25) is 0 Å². The van der Waals surface area contributed by atoms with Crippen LogP contribution in [-0.4, -0.2) is 24.0 Å². The van der Waals surface area contributed by atoms with Crippen LogP contribution in [0, 0.1) is 5.82 Å². The number of rotatable bonds is 7. The van der Waals surface area contributed by atoms with E-state index >= 15 is 0 Å². The van der Waals surface area contributed by atoms with Crippen LogP contribution in [0.5, 0.6) is 5.75 Å². The first kappa shape index (κ1) is 20.8. The molecule has 0 unspecified atom stereocenters. The molecular formula is C23H27FN2O3. The molecule has 29 heavy (non-hydrogen) atoms. The van der Waals surface area contributed by atoms with Gasteiger partial charge in [-0.15, -0.1) is 0 Å². The van der Waals surface area contributed by atoms with E-state index in [1.807, 2.05) is 6.92 Å². The van der Waals surface area contributed by atoms with Crippen molar-refractivity contribution in [2.45, 2.75) is 57.6 Å². The van der Waals surface area contributed by atoms with Crippen LogP contribution in [-0.2, 0) is 4.79 Å². The molecule has 5 nitrogen and oxygen atoms in total. The van der Waals surface area contributed by atoms with Gasteiger partial charge < -0.3 is 15.4 Å². The molecule has 1 saturated carbocycles. The van der Waals surface area contributed by atoms with Crippen molar-refractivity contribution in [1.29, 1.82) is 0 Å². The third-order valence-corrected chi connectivity index (χ3v) is 5.13. The number of anilines is 1. The minimum Gasteiger partial charge on any atom is -0.481 e. The average molecular weight is 398 g/mol. The number of para-hydroxylation sites is 1. The van der Waals surface area contributed by atoms with E-state index in [0.717, 1.165) is 25.7 Å². The highest BCUT2D eigenvalue weighted by atomic mass is 19.1. The Kier molecular flexibility index (Phi) is 7.22. The monoisotopic (exact) mass is 398 g/mol. The van der Waals surface area contributed by atoms with Gasteiger partial charge in [0.25, 0.3) is 11.8 Å². The first-order valence-corrected chi connectivity index (χ1v) is 10.2. The lowest BCUT2D eigenvalue weighted by Gasteiger charge is -2.23. The van der Waals surface area contributed by atoms with E-state index in [-0.39, 0.29) is 23.7 Å². The molecule has 0 heterocycles. The smallest absolute Gasteiger partial charge is 0.265 e. The van der Waals surface area contributed by atoms with Gasteiger partial charge in [0.15, 0.2) is 6.10 Å². The van der Waals surface area contributed by atoms with E-state index in [1.54, 1.807) is 24.3 Å². The van der Waals surface area contributed by atoms with Gasteiger partial charge in [0, 0.05) is 6.04 Å². The predicted molar refractivity (Wildman–Crippen MR) is 111 cm³/mol. The SMILES string of the molecule is CC[C@@H](Oc1ccc(F)cc1)C(=O)Nc1ccccc1C(=O)NC1CCCCC1. The highest BCUT2D eigenvalue weighted by molar-refractivity contribution is 6.04. The Bertz CT molecular complexity index is 832. The Labute approximate surface area is 170 Å². The average Bonchev–Trinajstić information content (AvgIpc) is 2.74. The summed E-state index contributed by atoms with van der Waals surface area (Å²) in [5.74, 6) is -0.487. The van der Waals surface area contributed by atoms with Gasteiger partial charge in [-0.25, -0.2) is 4.39 Å². The number of ether oxygens (including phenoxy) is 1. The van der Waals surface area contributed by atoms with Gasteiger partial charge in [-0.2, -0.15) is 0 Å². The van der Waals surface area contributed by atoms with Crippen molar-refractivity contribution in [2.24, 2.45) is 0 Å². The third kappa shape index (κ3) is 5.79. The summed E-state index contributed by atoms with van der Waals surface area (Å²) in [6.07, 6.45) is 5.12. The minimum absolute atomic E-state index is 0.180. The van der Waals surface area contributed by atoms with Gasteiger partial charge in [-0.3, -0.25) is 9.59 Å². The van der Waals surface area contributed by atoms with E-state index in [9.17, 15) is 14.0 Å². The molecule has 0 saturated heterocycles. The summed E-state index contributed by atoms with van der Waals surface area (Å²) in [5.41, 5.74) is 0.884. The number of hydrogen-bond acceptors (Lipinski definition) is 3. The molecule has 2 aromatic rings. The summed E-state index contributed by atoms with van der Waals surface area (Å²) >= 11 is 0. The summed E-state index contributed by atoms with van der Waals surface area (Å²) in [6.45, 7) is 1.83. The Morgan fingerprint density at radius 1 is 1.07 bits per heavy atom. The quantitative estimate of drug-likeness (QED) is 0.711. The molecule has 2 aromatic carbocycles. The van der Waals surface area contributed by atoms with E-state index < -0.39 is 6.10 Å². The highest BCUT2D eigenvalue weighted by Gasteiger charge is 2.22. The molecule has 0 bridgehead atoms. The van der Waals surface area contributed by atoms with Crippen molar-refractivity contribution in [3.8, 4) is 5.75 Å². The number of carbonyl (C=O) groups is 2. The molecule has 6 heteroatoms. The van der Waals surface area contributed by atoms with E-state index in [4.69, 9.17) is 4.74 Å². The topological polar surface area (TPSA) is 67.4 Å². The maximum absolute atomic E-state index is 13.1. The number of halogens is 1. The lowest BCUT2D eigenvalue weighted by molar-refractivity contribution is -0.122. The molecule has 0 spiro atoms. The van der Waals surface area contributed by atoms with Crippen molar-refractivity contribution < 1.29 is 18.7 Å². The zero-order chi connectivity index (χ0) is 20.6. The Hall–Kier alpha value is -2.89. The van der Waals surface area contributed by atoms with Gasteiger partial charge in [-0.05, 0) is 55.7 Å². The van der Waals surface area contributed by atoms with E-state index in [2.05, 4.69) is 10.6 Å². The highest BCUT2D eigenvalue weighted by Crippen LogP contribution is 2.21. The Morgan fingerprint density at radius 2 is 1.76 bits per heavy atom. The van der Waals surface area contributed by atoms with Crippen molar-refractivity contribution in [2.75, 3.05) is 5.32 Å². The van der Waals surface area contributed by atoms with Gasteiger partial charge in [-0.1, -0.05) is 38.3 Å². The van der Waals surface area contributed by atoms with Crippen molar-refractivity contribution >= 4 is 17.5 Å². The van der Waals surface area contributed by atoms with Crippen LogP contribution in [0.25, 0.3) is 0 Å². The number of benzene rings is 2. The molecule has 1 aliphatic carbocycles. The molecule has 2 amide bonds. The van der Waals surface area contributed by atoms with Crippen LogP contribution < -0.4 is 15.4 Å². The second kappa shape index (κ2) is 10.0. The summed E-state index contributed by atoms with van der Waals surface area (Å²) in [5, 5.41) is 5.89. The lowest BCUT2D eigenvalue weighted by atomic mass is 9.95. The van der Waals surface area contributed by atoms with Crippen LogP contribution in [0.1, 0.15) is 55.8 Å². The van der Waals surface area contributed by atoms with Crippen molar-refractivity contribution in [3.05, 3.63) is 59.9 Å². The first-order valence-electron chi connectivity index (χ1n) is 10.2. The van der Waals surface area contributed by atoms with Crippen molar-refractivity contribution in [1.82, 2.24) is 5.32 Å². The van der Waals surface area contributed by atoms with Crippen LogP contribution >= 0.6 is 0 Å². The Balaban J connectivity index is 1.67. The molecule has 0 aromatic heterocycles. The minimum atomic E-state index is -0.755. The third-order valence-electron chi connectivity index (χ3n) is 5.13. The molecule has 2 N–H and O–H groups in total. The van der Waals surface area contributed by atoms with Gasteiger partial charge in [0.05, 0.1) is 11.3 Å². The molecule has 0 radical (unpaired) electrons.